The van der Waals surface area contributed by atoms with Gasteiger partial charge in [-0.15, -0.1) is 0 Å². The molecule has 0 saturated heterocycles. The van der Waals surface area contributed by atoms with Crippen molar-refractivity contribution in [1.82, 2.24) is 30.9 Å². The fraction of sp³-hybridized carbons (Fsp3) is 0.423. The molecule has 0 aliphatic rings. The molecule has 2 aromatic heterocycles. The summed E-state index contributed by atoms with van der Waals surface area (Å²) in [5.74, 6) is -2.82. The number of nitrogens with two attached hydrogens (primary N) is 1. The van der Waals surface area contributed by atoms with Crippen LogP contribution >= 0.6 is 11.8 Å². The average molecular weight is 574 g/mol. The number of aliphatic hydroxyl groups excluding tert-OH is 1. The Kier molecular flexibility index (Phi) is 11.1. The Labute approximate surface area is 235 Å². The van der Waals surface area contributed by atoms with Crippen molar-refractivity contribution in [1.29, 1.82) is 0 Å². The SMILES string of the molecule is CSCCC(N)C(=O)NC(C(=O)NC(Cc1c[nH]c2ccccc12)C(=O)NC(Cc1cnc[nH]1)C(=O)O)C(C)O. The second-order valence-electron chi connectivity index (χ2n) is 9.42. The maximum atomic E-state index is 13.4. The number of thioether (sulfide) groups is 1. The summed E-state index contributed by atoms with van der Waals surface area (Å²) in [6.07, 6.45) is 5.44. The number of rotatable bonds is 15. The van der Waals surface area contributed by atoms with Gasteiger partial charge in [0.15, 0.2) is 0 Å². The van der Waals surface area contributed by atoms with Crippen LogP contribution in [0.3, 0.4) is 0 Å². The fourth-order valence-corrected chi connectivity index (χ4v) is 4.61. The topological polar surface area (TPSA) is 215 Å². The van der Waals surface area contributed by atoms with Crippen LogP contribution in [0.2, 0.25) is 0 Å². The van der Waals surface area contributed by atoms with Crippen LogP contribution in [0.15, 0.2) is 43.0 Å². The summed E-state index contributed by atoms with van der Waals surface area (Å²) < 4.78 is 0. The molecule has 5 atom stereocenters. The minimum Gasteiger partial charge on any atom is -0.480 e. The van der Waals surface area contributed by atoms with E-state index in [0.717, 1.165) is 10.9 Å². The minimum absolute atomic E-state index is 0.00565. The number of hydrogen-bond acceptors (Lipinski definition) is 8. The highest BCUT2D eigenvalue weighted by Crippen LogP contribution is 2.19. The summed E-state index contributed by atoms with van der Waals surface area (Å²) in [5.41, 5.74) is 7.93. The van der Waals surface area contributed by atoms with Crippen molar-refractivity contribution in [2.24, 2.45) is 5.73 Å². The third-order valence-corrected chi connectivity index (χ3v) is 7.00. The van der Waals surface area contributed by atoms with Gasteiger partial charge in [0, 0.05) is 41.8 Å². The number of carbonyl (C=O) groups is 4. The summed E-state index contributed by atoms with van der Waals surface area (Å²) in [6.45, 7) is 1.33. The van der Waals surface area contributed by atoms with Gasteiger partial charge in [0.1, 0.15) is 18.1 Å². The zero-order valence-electron chi connectivity index (χ0n) is 22.2. The van der Waals surface area contributed by atoms with Gasteiger partial charge in [-0.05, 0) is 37.0 Å². The molecular formula is C26H35N7O6S. The third kappa shape index (κ3) is 8.31. The lowest BCUT2D eigenvalue weighted by molar-refractivity contribution is -0.142. The van der Waals surface area contributed by atoms with Crippen LogP contribution < -0.4 is 21.7 Å². The predicted molar refractivity (Wildman–Crippen MR) is 150 cm³/mol. The van der Waals surface area contributed by atoms with E-state index in [2.05, 4.69) is 30.9 Å². The Balaban J connectivity index is 1.82. The number of benzene rings is 1. The van der Waals surface area contributed by atoms with E-state index < -0.39 is 54.0 Å². The quantitative estimate of drug-likeness (QED) is 0.119. The maximum absolute atomic E-state index is 13.4. The number of aromatic nitrogens is 3. The van der Waals surface area contributed by atoms with Crippen LogP contribution in [0, 0.1) is 0 Å². The number of carboxylic acids is 1. The van der Waals surface area contributed by atoms with Crippen LogP contribution in [-0.2, 0) is 32.0 Å². The first kappa shape index (κ1) is 30.7. The van der Waals surface area contributed by atoms with Crippen LogP contribution in [0.1, 0.15) is 24.6 Å². The highest BCUT2D eigenvalue weighted by Gasteiger charge is 2.33. The number of aromatic amines is 2. The molecule has 0 saturated carbocycles. The molecular weight excluding hydrogens is 538 g/mol. The summed E-state index contributed by atoms with van der Waals surface area (Å²) in [5, 5.41) is 28.4. The van der Waals surface area contributed by atoms with Crippen molar-refractivity contribution < 1.29 is 29.4 Å². The van der Waals surface area contributed by atoms with E-state index in [1.54, 1.807) is 6.20 Å². The van der Waals surface area contributed by atoms with Gasteiger partial charge in [-0.25, -0.2) is 9.78 Å². The molecule has 1 aromatic carbocycles. The van der Waals surface area contributed by atoms with Crippen molar-refractivity contribution in [3.8, 4) is 0 Å². The van der Waals surface area contributed by atoms with Crippen molar-refractivity contribution in [3.63, 3.8) is 0 Å². The molecule has 3 aromatic rings. The molecule has 0 bridgehead atoms. The summed E-state index contributed by atoms with van der Waals surface area (Å²) in [7, 11) is 0. The first-order valence-corrected chi connectivity index (χ1v) is 14.1. The van der Waals surface area contributed by atoms with Crippen molar-refractivity contribution in [2.45, 2.75) is 56.5 Å². The van der Waals surface area contributed by atoms with E-state index in [1.165, 1.54) is 31.2 Å². The molecule has 0 radical (unpaired) electrons. The molecule has 13 nitrogen and oxygen atoms in total. The lowest BCUT2D eigenvalue weighted by Crippen LogP contribution is -2.60. The van der Waals surface area contributed by atoms with Crippen molar-refractivity contribution in [2.75, 3.05) is 12.0 Å². The number of fused-ring (bicyclic) bond motifs is 1. The molecule has 0 fully saturated rings. The Bertz CT molecular complexity index is 1300. The fourth-order valence-electron chi connectivity index (χ4n) is 4.12. The van der Waals surface area contributed by atoms with Gasteiger partial charge in [0.2, 0.25) is 17.7 Å². The van der Waals surface area contributed by atoms with Crippen LogP contribution in [0.5, 0.6) is 0 Å². The molecule has 3 amide bonds. The second kappa shape index (κ2) is 14.5. The molecule has 0 aliphatic carbocycles. The number of amides is 3. The van der Waals surface area contributed by atoms with Gasteiger partial charge in [-0.2, -0.15) is 11.8 Å². The van der Waals surface area contributed by atoms with Gasteiger partial charge in [-0.1, -0.05) is 18.2 Å². The summed E-state index contributed by atoms with van der Waals surface area (Å²) in [4.78, 5) is 61.0. The number of aliphatic hydroxyl groups is 1. The average Bonchev–Trinajstić information content (AvgIpc) is 3.59. The molecule has 0 spiro atoms. The number of H-pyrrole nitrogens is 2. The smallest absolute Gasteiger partial charge is 0.326 e. The molecule has 40 heavy (non-hydrogen) atoms. The second-order valence-corrected chi connectivity index (χ2v) is 10.4. The molecule has 216 valence electrons. The molecule has 5 unspecified atom stereocenters. The van der Waals surface area contributed by atoms with E-state index in [4.69, 9.17) is 5.73 Å². The first-order chi connectivity index (χ1) is 19.1. The standard InChI is InChI=1S/C26H35N7O6S/c1-14(34)22(33-23(35)18(27)7-8-40-2)25(37)31-20(9-15-11-29-19-6-4-3-5-17(15)19)24(36)32-21(26(38)39)10-16-12-28-13-30-16/h3-6,11-14,18,20-22,29,34H,7-10,27H2,1-2H3,(H,28,30)(H,31,37)(H,32,36)(H,33,35)(H,38,39). The van der Waals surface area contributed by atoms with Gasteiger partial charge in [0.05, 0.1) is 18.5 Å². The van der Waals surface area contributed by atoms with E-state index in [1.807, 2.05) is 30.5 Å². The van der Waals surface area contributed by atoms with E-state index in [0.29, 0.717) is 23.4 Å². The Hall–Kier alpha value is -3.88. The number of para-hydroxylation sites is 1. The summed E-state index contributed by atoms with van der Waals surface area (Å²) in [6, 6.07) is 2.56. The molecule has 0 aliphatic heterocycles. The number of carboxylic acid groups (broad SMARTS) is 1. The minimum atomic E-state index is -1.40. The van der Waals surface area contributed by atoms with E-state index >= 15 is 0 Å². The van der Waals surface area contributed by atoms with Gasteiger partial charge in [-0.3, -0.25) is 14.4 Å². The highest BCUT2D eigenvalue weighted by molar-refractivity contribution is 7.98. The first-order valence-electron chi connectivity index (χ1n) is 12.7. The zero-order valence-corrected chi connectivity index (χ0v) is 23.0. The Morgan fingerprint density at radius 3 is 2.40 bits per heavy atom. The number of hydrogen-bond donors (Lipinski definition) is 8. The van der Waals surface area contributed by atoms with Crippen molar-refractivity contribution in [3.05, 3.63) is 54.2 Å². The van der Waals surface area contributed by atoms with Crippen LogP contribution in [0.4, 0.5) is 0 Å². The van der Waals surface area contributed by atoms with Crippen LogP contribution in [0.25, 0.3) is 10.9 Å². The molecule has 14 heteroatoms. The molecule has 9 N–H and O–H groups in total. The van der Waals surface area contributed by atoms with Crippen molar-refractivity contribution >= 4 is 46.4 Å². The monoisotopic (exact) mass is 573 g/mol. The lowest BCUT2D eigenvalue weighted by atomic mass is 10.0. The number of imidazole rings is 1. The lowest BCUT2D eigenvalue weighted by Gasteiger charge is -2.26. The van der Waals surface area contributed by atoms with Gasteiger partial charge < -0.3 is 41.9 Å². The Morgan fingerprint density at radius 1 is 1.02 bits per heavy atom. The maximum Gasteiger partial charge on any atom is 0.326 e. The van der Waals surface area contributed by atoms with Crippen LogP contribution in [-0.4, -0.2) is 91.1 Å². The van der Waals surface area contributed by atoms with E-state index in [9.17, 15) is 29.4 Å². The molecule has 3 rings (SSSR count). The number of nitrogens with zero attached hydrogens (tertiary/aromatic N) is 1. The van der Waals surface area contributed by atoms with Gasteiger partial charge >= 0.3 is 5.97 Å². The van der Waals surface area contributed by atoms with Gasteiger partial charge in [0.25, 0.3) is 0 Å². The van der Waals surface area contributed by atoms with E-state index in [-0.39, 0.29) is 12.8 Å². The highest BCUT2D eigenvalue weighted by atomic mass is 32.2. The Morgan fingerprint density at radius 2 is 1.75 bits per heavy atom. The number of carbonyl (C=O) groups excluding carboxylic acids is 3. The molecule has 2 heterocycles. The summed E-state index contributed by atoms with van der Waals surface area (Å²) >= 11 is 1.52. The number of nitrogens with one attached hydrogen (secondary N) is 5. The third-order valence-electron chi connectivity index (χ3n) is 6.36. The predicted octanol–water partition coefficient (Wildman–Crippen LogP) is -0.324. The normalized spacial score (nSPS) is 15.0. The largest absolute Gasteiger partial charge is 0.480 e. The zero-order chi connectivity index (χ0) is 29.2. The number of aliphatic carboxylic acids is 1.